The zero-order chi connectivity index (χ0) is 12.7. The third-order valence-corrected chi connectivity index (χ3v) is 3.00. The van der Waals surface area contributed by atoms with Crippen LogP contribution in [0.15, 0.2) is 0 Å². The van der Waals surface area contributed by atoms with E-state index in [0.29, 0.717) is 19.2 Å². The molecule has 1 aliphatic carbocycles. The number of rotatable bonds is 10. The number of hydrogen-bond acceptors (Lipinski definition) is 4. The Morgan fingerprint density at radius 2 is 2.29 bits per heavy atom. The lowest BCUT2D eigenvalue weighted by atomic mass is 10.2. The molecule has 5 nitrogen and oxygen atoms in total. The van der Waals surface area contributed by atoms with Crippen LogP contribution in [0.2, 0.25) is 0 Å². The van der Waals surface area contributed by atoms with Crippen molar-refractivity contribution in [3.05, 3.63) is 0 Å². The fraction of sp³-hybridized carbons (Fsp3) is 0.917. The summed E-state index contributed by atoms with van der Waals surface area (Å²) in [5, 5.41) is 12.2. The Bertz CT molecular complexity index is 232. The van der Waals surface area contributed by atoms with E-state index in [2.05, 4.69) is 10.2 Å². The number of hydrogen-bond donors (Lipinski definition) is 2. The Balaban J connectivity index is 2.40. The second kappa shape index (κ2) is 7.63. The van der Waals surface area contributed by atoms with Crippen LogP contribution < -0.4 is 5.32 Å². The third-order valence-electron chi connectivity index (χ3n) is 3.00. The van der Waals surface area contributed by atoms with Crippen LogP contribution in [0.25, 0.3) is 0 Å². The number of carboxylic acid groups (broad SMARTS) is 1. The summed E-state index contributed by atoms with van der Waals surface area (Å²) in [6.07, 6.45) is 3.32. The van der Waals surface area contributed by atoms with Crippen molar-refractivity contribution in [2.45, 2.75) is 38.3 Å². The van der Waals surface area contributed by atoms with Gasteiger partial charge in [0.15, 0.2) is 0 Å². The van der Waals surface area contributed by atoms with Crippen molar-refractivity contribution < 1.29 is 14.6 Å². The van der Waals surface area contributed by atoms with Gasteiger partial charge in [0.2, 0.25) is 0 Å². The van der Waals surface area contributed by atoms with Crippen molar-refractivity contribution in [2.75, 3.05) is 33.4 Å². The summed E-state index contributed by atoms with van der Waals surface area (Å²) in [7, 11) is 1.68. The molecule has 100 valence electrons. The van der Waals surface area contributed by atoms with Crippen LogP contribution in [0.3, 0.4) is 0 Å². The van der Waals surface area contributed by atoms with Gasteiger partial charge in [0.1, 0.15) is 6.04 Å². The van der Waals surface area contributed by atoms with E-state index in [1.54, 1.807) is 7.11 Å². The molecule has 0 saturated heterocycles. The monoisotopic (exact) mass is 244 g/mol. The minimum absolute atomic E-state index is 0.465. The van der Waals surface area contributed by atoms with E-state index in [1.807, 2.05) is 6.92 Å². The van der Waals surface area contributed by atoms with Crippen LogP contribution in [0, 0.1) is 0 Å². The molecule has 0 aromatic rings. The Kier molecular flexibility index (Phi) is 6.47. The second-order valence-electron chi connectivity index (χ2n) is 4.56. The second-order valence-corrected chi connectivity index (χ2v) is 4.56. The topological polar surface area (TPSA) is 61.8 Å². The highest BCUT2D eigenvalue weighted by molar-refractivity contribution is 5.73. The molecule has 2 N–H and O–H groups in total. The van der Waals surface area contributed by atoms with Gasteiger partial charge in [-0.15, -0.1) is 0 Å². The summed E-state index contributed by atoms with van der Waals surface area (Å²) in [6, 6.07) is 0.0998. The van der Waals surface area contributed by atoms with E-state index < -0.39 is 12.0 Å². The van der Waals surface area contributed by atoms with Gasteiger partial charge in [-0.3, -0.25) is 9.69 Å². The van der Waals surface area contributed by atoms with Crippen molar-refractivity contribution in [1.82, 2.24) is 10.2 Å². The highest BCUT2D eigenvalue weighted by Gasteiger charge is 2.31. The summed E-state index contributed by atoms with van der Waals surface area (Å²) >= 11 is 0. The van der Waals surface area contributed by atoms with E-state index in [4.69, 9.17) is 9.84 Å². The fourth-order valence-electron chi connectivity index (χ4n) is 1.85. The summed E-state index contributed by atoms with van der Waals surface area (Å²) in [5.74, 6) is -0.762. The number of carboxylic acids is 1. The minimum Gasteiger partial charge on any atom is -0.480 e. The van der Waals surface area contributed by atoms with Gasteiger partial charge in [0.25, 0.3) is 0 Å². The molecular formula is C12H24N2O3. The van der Waals surface area contributed by atoms with Crippen LogP contribution in [0.4, 0.5) is 0 Å². The van der Waals surface area contributed by atoms with E-state index in [0.717, 1.165) is 19.5 Å². The van der Waals surface area contributed by atoms with E-state index in [1.165, 1.54) is 12.8 Å². The maximum Gasteiger partial charge on any atom is 0.322 e. The molecule has 1 atom stereocenters. The Morgan fingerprint density at radius 3 is 2.76 bits per heavy atom. The van der Waals surface area contributed by atoms with E-state index in [-0.39, 0.29) is 0 Å². The molecule has 1 fully saturated rings. The zero-order valence-electron chi connectivity index (χ0n) is 10.8. The molecule has 0 amide bonds. The summed E-state index contributed by atoms with van der Waals surface area (Å²) in [6.45, 7) is 4.84. The van der Waals surface area contributed by atoms with Crippen LogP contribution >= 0.6 is 0 Å². The van der Waals surface area contributed by atoms with E-state index >= 15 is 0 Å². The van der Waals surface area contributed by atoms with Gasteiger partial charge in [-0.1, -0.05) is 6.92 Å². The first-order valence-electron chi connectivity index (χ1n) is 6.38. The largest absolute Gasteiger partial charge is 0.480 e. The van der Waals surface area contributed by atoms with Gasteiger partial charge in [-0.2, -0.15) is 0 Å². The molecule has 1 saturated carbocycles. The normalized spacial score (nSPS) is 17.4. The van der Waals surface area contributed by atoms with Crippen molar-refractivity contribution in [2.24, 2.45) is 0 Å². The molecule has 0 bridgehead atoms. The van der Waals surface area contributed by atoms with Gasteiger partial charge in [-0.25, -0.2) is 0 Å². The molecule has 0 radical (unpaired) electrons. The molecule has 0 heterocycles. The molecule has 17 heavy (non-hydrogen) atoms. The molecule has 0 spiro atoms. The lowest BCUT2D eigenvalue weighted by molar-refractivity contribution is -0.140. The van der Waals surface area contributed by atoms with Crippen LogP contribution in [0.1, 0.15) is 26.2 Å². The van der Waals surface area contributed by atoms with Crippen LogP contribution in [-0.2, 0) is 9.53 Å². The molecule has 0 aromatic carbocycles. The third kappa shape index (κ3) is 5.48. The van der Waals surface area contributed by atoms with Gasteiger partial charge in [0.05, 0.1) is 6.61 Å². The summed E-state index contributed by atoms with van der Waals surface area (Å²) in [5.41, 5.74) is 0. The van der Waals surface area contributed by atoms with Gasteiger partial charge in [-0.05, 0) is 25.8 Å². The minimum atomic E-state index is -0.762. The first-order chi connectivity index (χ1) is 8.19. The first kappa shape index (κ1) is 14.4. The maximum absolute atomic E-state index is 11.1. The number of carbonyl (C=O) groups is 1. The number of aliphatic carboxylic acids is 1. The predicted octanol–water partition coefficient (Wildman–Crippen LogP) is 0.550. The molecule has 0 aromatic heterocycles. The predicted molar refractivity (Wildman–Crippen MR) is 66.2 cm³/mol. The number of nitrogens with one attached hydrogen (secondary N) is 1. The zero-order valence-corrected chi connectivity index (χ0v) is 10.8. The number of methoxy groups -OCH3 is 1. The lowest BCUT2D eigenvalue weighted by Crippen LogP contribution is -2.47. The van der Waals surface area contributed by atoms with Crippen molar-refractivity contribution in [3.63, 3.8) is 0 Å². The SMILES string of the molecule is CCCNC(CN(CCOC)C1CC1)C(=O)O. The molecule has 1 rings (SSSR count). The first-order valence-corrected chi connectivity index (χ1v) is 6.38. The standard InChI is InChI=1S/C12H24N2O3/c1-3-6-13-11(12(15)16)9-14(7-8-17-2)10-4-5-10/h10-11,13H,3-9H2,1-2H3,(H,15,16). The summed E-state index contributed by atoms with van der Waals surface area (Å²) < 4.78 is 5.06. The fourth-order valence-corrected chi connectivity index (χ4v) is 1.85. The van der Waals surface area contributed by atoms with Crippen molar-refractivity contribution in [1.29, 1.82) is 0 Å². The Morgan fingerprint density at radius 1 is 1.59 bits per heavy atom. The lowest BCUT2D eigenvalue weighted by Gasteiger charge is -2.25. The quantitative estimate of drug-likeness (QED) is 0.587. The average molecular weight is 244 g/mol. The highest BCUT2D eigenvalue weighted by atomic mass is 16.5. The number of nitrogens with zero attached hydrogens (tertiary/aromatic N) is 1. The highest BCUT2D eigenvalue weighted by Crippen LogP contribution is 2.26. The molecule has 1 unspecified atom stereocenters. The smallest absolute Gasteiger partial charge is 0.322 e. The van der Waals surface area contributed by atoms with E-state index in [9.17, 15) is 4.79 Å². The molecule has 1 aliphatic rings. The van der Waals surface area contributed by atoms with Crippen LogP contribution in [-0.4, -0.2) is 61.4 Å². The maximum atomic E-state index is 11.1. The Labute approximate surface area is 103 Å². The summed E-state index contributed by atoms with van der Waals surface area (Å²) in [4.78, 5) is 13.4. The van der Waals surface area contributed by atoms with Gasteiger partial charge in [0, 0.05) is 26.2 Å². The van der Waals surface area contributed by atoms with Crippen molar-refractivity contribution in [3.8, 4) is 0 Å². The Hall–Kier alpha value is -0.650. The molecule has 5 heteroatoms. The van der Waals surface area contributed by atoms with Gasteiger partial charge >= 0.3 is 5.97 Å². The number of ether oxygens (including phenoxy) is 1. The molecule has 0 aliphatic heterocycles. The average Bonchev–Trinajstić information content (AvgIpc) is 3.12. The van der Waals surface area contributed by atoms with Crippen molar-refractivity contribution >= 4 is 5.97 Å². The van der Waals surface area contributed by atoms with Crippen LogP contribution in [0.5, 0.6) is 0 Å². The van der Waals surface area contributed by atoms with Gasteiger partial charge < -0.3 is 15.2 Å². The molecular weight excluding hydrogens is 220 g/mol.